The van der Waals surface area contributed by atoms with Crippen LogP contribution in [0.3, 0.4) is 0 Å². The van der Waals surface area contributed by atoms with E-state index in [9.17, 15) is 14.7 Å². The largest absolute Gasteiger partial charge is 0.504 e. The number of aromatic hydroxyl groups is 1. The van der Waals surface area contributed by atoms with Crippen molar-refractivity contribution in [3.63, 3.8) is 0 Å². The van der Waals surface area contributed by atoms with Gasteiger partial charge in [-0.1, -0.05) is 18.2 Å². The Kier molecular flexibility index (Phi) is 3.99. The van der Waals surface area contributed by atoms with Crippen molar-refractivity contribution in [2.75, 3.05) is 14.2 Å². The first kappa shape index (κ1) is 17.0. The number of fused-ring (bicyclic) bond motifs is 3. The van der Waals surface area contributed by atoms with E-state index in [-0.39, 0.29) is 17.1 Å². The van der Waals surface area contributed by atoms with Crippen molar-refractivity contribution in [2.45, 2.75) is 12.0 Å². The van der Waals surface area contributed by atoms with Crippen LogP contribution in [0.4, 0.5) is 0 Å². The highest BCUT2D eigenvalue weighted by Crippen LogP contribution is 2.45. The van der Waals surface area contributed by atoms with Gasteiger partial charge in [0.05, 0.1) is 31.1 Å². The van der Waals surface area contributed by atoms with Gasteiger partial charge in [-0.3, -0.25) is 0 Å². The van der Waals surface area contributed by atoms with Crippen molar-refractivity contribution >= 4 is 16.9 Å². The number of ether oxygens (including phenoxy) is 3. The summed E-state index contributed by atoms with van der Waals surface area (Å²) in [5, 5.41) is 10.5. The Labute approximate surface area is 153 Å². The van der Waals surface area contributed by atoms with E-state index < -0.39 is 23.6 Å². The number of para-hydroxylation sites is 1. The Bertz CT molecular complexity index is 1100. The first-order valence-corrected chi connectivity index (χ1v) is 8.22. The lowest BCUT2D eigenvalue weighted by molar-refractivity contribution is -0.148. The maximum Gasteiger partial charge on any atom is 0.348 e. The highest BCUT2D eigenvalue weighted by atomic mass is 16.6. The van der Waals surface area contributed by atoms with E-state index in [1.165, 1.54) is 20.3 Å². The topological polar surface area (TPSA) is 95.2 Å². The normalized spacial score (nSPS) is 18.0. The molecule has 0 fully saturated rings. The SMILES string of the molecule is COC(=O)[C@H]1Oc2c(c(=O)oc3ccccc23)[C@H]1c1ccc(O)c(OC)c1. The van der Waals surface area contributed by atoms with Crippen LogP contribution >= 0.6 is 0 Å². The summed E-state index contributed by atoms with van der Waals surface area (Å²) in [7, 11) is 2.67. The number of phenolic OH excluding ortho intramolecular Hbond substituents is 1. The zero-order valence-electron chi connectivity index (χ0n) is 14.6. The zero-order chi connectivity index (χ0) is 19.1. The van der Waals surface area contributed by atoms with E-state index in [2.05, 4.69) is 0 Å². The molecule has 1 aliphatic rings. The second kappa shape index (κ2) is 6.35. The number of carbonyl (C=O) groups is 1. The lowest BCUT2D eigenvalue weighted by Crippen LogP contribution is -2.31. The molecule has 1 aromatic heterocycles. The molecule has 0 radical (unpaired) electrons. The standard InChI is InChI=1S/C20H16O7/c1-24-14-9-10(7-8-12(14)21)15-16-17(27-18(15)20(23)25-2)11-5-3-4-6-13(11)26-19(16)22/h3-9,15,18,21H,1-2H3/t15-,18+/m1/s1. The Morgan fingerprint density at radius 2 is 1.93 bits per heavy atom. The fourth-order valence-corrected chi connectivity index (χ4v) is 3.41. The fourth-order valence-electron chi connectivity index (χ4n) is 3.41. The molecule has 7 heteroatoms. The lowest BCUT2D eigenvalue weighted by Gasteiger charge is -2.17. The molecule has 2 atom stereocenters. The summed E-state index contributed by atoms with van der Waals surface area (Å²) < 4.78 is 21.3. The molecule has 0 saturated heterocycles. The Morgan fingerprint density at radius 1 is 1.15 bits per heavy atom. The maximum atomic E-state index is 12.7. The van der Waals surface area contributed by atoms with Gasteiger partial charge in [0, 0.05) is 0 Å². The molecule has 2 aromatic carbocycles. The van der Waals surface area contributed by atoms with Gasteiger partial charge in [0.15, 0.2) is 11.5 Å². The Hall–Kier alpha value is -3.48. The molecule has 0 unspecified atom stereocenters. The van der Waals surface area contributed by atoms with Gasteiger partial charge in [0.1, 0.15) is 11.3 Å². The molecule has 27 heavy (non-hydrogen) atoms. The monoisotopic (exact) mass is 368 g/mol. The van der Waals surface area contributed by atoms with Crippen LogP contribution in [-0.4, -0.2) is 31.4 Å². The van der Waals surface area contributed by atoms with Crippen molar-refractivity contribution in [1.82, 2.24) is 0 Å². The minimum atomic E-state index is -1.06. The van der Waals surface area contributed by atoms with E-state index >= 15 is 0 Å². The van der Waals surface area contributed by atoms with Crippen LogP contribution in [0.2, 0.25) is 0 Å². The van der Waals surface area contributed by atoms with Gasteiger partial charge in [-0.05, 0) is 29.8 Å². The molecular weight excluding hydrogens is 352 g/mol. The molecule has 0 aliphatic carbocycles. The second-order valence-electron chi connectivity index (χ2n) is 6.10. The van der Waals surface area contributed by atoms with Gasteiger partial charge in [-0.2, -0.15) is 0 Å². The zero-order valence-corrected chi connectivity index (χ0v) is 14.6. The van der Waals surface area contributed by atoms with Crippen molar-refractivity contribution in [3.05, 3.63) is 64.0 Å². The van der Waals surface area contributed by atoms with Crippen LogP contribution in [0.25, 0.3) is 11.0 Å². The summed E-state index contributed by atoms with van der Waals surface area (Å²) in [5.41, 5.74) is 0.569. The van der Waals surface area contributed by atoms with E-state index in [4.69, 9.17) is 18.6 Å². The van der Waals surface area contributed by atoms with Gasteiger partial charge >= 0.3 is 11.6 Å². The summed E-state index contributed by atoms with van der Waals surface area (Å²) in [6, 6.07) is 11.5. The lowest BCUT2D eigenvalue weighted by atomic mass is 9.88. The molecule has 1 aliphatic heterocycles. The van der Waals surface area contributed by atoms with Gasteiger partial charge < -0.3 is 23.7 Å². The highest BCUT2D eigenvalue weighted by molar-refractivity contribution is 5.88. The third kappa shape index (κ3) is 2.59. The molecule has 1 N–H and O–H groups in total. The average molecular weight is 368 g/mol. The molecule has 7 nitrogen and oxygen atoms in total. The molecular formula is C20H16O7. The van der Waals surface area contributed by atoms with Gasteiger partial charge in [-0.25, -0.2) is 9.59 Å². The maximum absolute atomic E-state index is 12.7. The average Bonchev–Trinajstić information content (AvgIpc) is 3.09. The first-order valence-electron chi connectivity index (χ1n) is 8.22. The number of methoxy groups -OCH3 is 2. The molecule has 0 saturated carbocycles. The Morgan fingerprint density at radius 3 is 2.67 bits per heavy atom. The number of hydrogen-bond acceptors (Lipinski definition) is 7. The smallest absolute Gasteiger partial charge is 0.348 e. The second-order valence-corrected chi connectivity index (χ2v) is 6.10. The summed E-state index contributed by atoms with van der Waals surface area (Å²) >= 11 is 0. The highest BCUT2D eigenvalue weighted by Gasteiger charge is 2.45. The van der Waals surface area contributed by atoms with Crippen molar-refractivity contribution in [1.29, 1.82) is 0 Å². The molecule has 0 spiro atoms. The number of benzene rings is 2. The van der Waals surface area contributed by atoms with E-state index in [0.717, 1.165) is 0 Å². The molecule has 138 valence electrons. The van der Waals surface area contributed by atoms with Crippen LogP contribution in [0.5, 0.6) is 17.2 Å². The summed E-state index contributed by atoms with van der Waals surface area (Å²) in [6.07, 6.45) is -1.06. The first-order chi connectivity index (χ1) is 13.0. The molecule has 0 amide bonds. The van der Waals surface area contributed by atoms with Crippen LogP contribution in [0.1, 0.15) is 17.0 Å². The molecule has 4 rings (SSSR count). The summed E-state index contributed by atoms with van der Waals surface area (Å²) in [5.74, 6) is -0.917. The number of hydrogen-bond donors (Lipinski definition) is 1. The number of carbonyl (C=O) groups excluding carboxylic acids is 1. The van der Waals surface area contributed by atoms with Crippen LogP contribution in [0.15, 0.2) is 51.7 Å². The van der Waals surface area contributed by atoms with E-state index in [0.29, 0.717) is 22.3 Å². The quantitative estimate of drug-likeness (QED) is 0.561. The summed E-state index contributed by atoms with van der Waals surface area (Å²) in [6.45, 7) is 0. The Balaban J connectivity index is 1.98. The van der Waals surface area contributed by atoms with Crippen LogP contribution < -0.4 is 15.1 Å². The minimum Gasteiger partial charge on any atom is -0.504 e. The number of phenols is 1. The fraction of sp³-hybridized carbons (Fsp3) is 0.200. The van der Waals surface area contributed by atoms with Gasteiger partial charge in [0.25, 0.3) is 0 Å². The van der Waals surface area contributed by atoms with Crippen molar-refractivity contribution in [3.8, 4) is 17.2 Å². The van der Waals surface area contributed by atoms with E-state index in [1.54, 1.807) is 36.4 Å². The minimum absolute atomic E-state index is 0.0550. The number of esters is 1. The van der Waals surface area contributed by atoms with Gasteiger partial charge in [-0.15, -0.1) is 0 Å². The third-order valence-electron chi connectivity index (χ3n) is 4.65. The van der Waals surface area contributed by atoms with Crippen LogP contribution in [-0.2, 0) is 9.53 Å². The van der Waals surface area contributed by atoms with Crippen LogP contribution in [0, 0.1) is 0 Å². The van der Waals surface area contributed by atoms with Gasteiger partial charge in [0.2, 0.25) is 6.10 Å². The molecule has 2 heterocycles. The molecule has 3 aromatic rings. The molecule has 0 bridgehead atoms. The summed E-state index contributed by atoms with van der Waals surface area (Å²) in [4.78, 5) is 25.1. The third-order valence-corrected chi connectivity index (χ3v) is 4.65. The predicted octanol–water partition coefficient (Wildman–Crippen LogP) is 2.57. The van der Waals surface area contributed by atoms with E-state index in [1.807, 2.05) is 0 Å². The number of rotatable bonds is 3. The predicted molar refractivity (Wildman–Crippen MR) is 95.4 cm³/mol. The van der Waals surface area contributed by atoms with Crippen molar-refractivity contribution in [2.24, 2.45) is 0 Å². The van der Waals surface area contributed by atoms with Crippen molar-refractivity contribution < 1.29 is 28.5 Å².